The third kappa shape index (κ3) is 2.62. The van der Waals surface area contributed by atoms with Crippen molar-refractivity contribution in [1.29, 1.82) is 0 Å². The van der Waals surface area contributed by atoms with Crippen LogP contribution in [0, 0.1) is 11.8 Å². The maximum Gasteiger partial charge on any atom is 0.0444 e. The fraction of sp³-hybridized carbons (Fsp3) is 0.294. The van der Waals surface area contributed by atoms with Gasteiger partial charge in [-0.25, -0.2) is 0 Å². The molecule has 0 bridgehead atoms. The second-order valence-electron chi connectivity index (χ2n) is 5.09. The number of nitrogens with one attached hydrogen (secondary N) is 1. The number of rotatable bonds is 5. The minimum absolute atomic E-state index is 0.395. The molecule has 0 heterocycles. The van der Waals surface area contributed by atoms with Gasteiger partial charge in [-0.05, 0) is 12.3 Å². The third-order valence-electron chi connectivity index (χ3n) is 3.75. The smallest absolute Gasteiger partial charge is 0.0444 e. The van der Waals surface area contributed by atoms with Gasteiger partial charge >= 0.3 is 0 Å². The Morgan fingerprint density at radius 1 is 0.722 bits per heavy atom. The van der Waals surface area contributed by atoms with Crippen LogP contribution in [0.5, 0.6) is 0 Å². The largest absolute Gasteiger partial charge is 0.303 e. The van der Waals surface area contributed by atoms with E-state index in [0.717, 1.165) is 6.42 Å². The lowest BCUT2D eigenvalue weighted by Gasteiger charge is -2.26. The van der Waals surface area contributed by atoms with Crippen LogP contribution in [0.3, 0.4) is 0 Å². The van der Waals surface area contributed by atoms with E-state index in [2.05, 4.69) is 78.2 Å². The van der Waals surface area contributed by atoms with Gasteiger partial charge in [0.25, 0.3) is 0 Å². The summed E-state index contributed by atoms with van der Waals surface area (Å²) in [4.78, 5) is 0. The monoisotopic (exact) mass is 237 g/mol. The summed E-state index contributed by atoms with van der Waals surface area (Å²) in [6, 6.07) is 0.890. The van der Waals surface area contributed by atoms with Gasteiger partial charge in [-0.15, -0.1) is 0 Å². The van der Waals surface area contributed by atoms with Crippen LogP contribution in [-0.2, 0) is 0 Å². The number of allylic oxidation sites excluding steroid dienone is 8. The predicted octanol–water partition coefficient (Wildman–Crippen LogP) is 3.31. The number of hydrogen-bond donors (Lipinski definition) is 1. The van der Waals surface area contributed by atoms with E-state index in [9.17, 15) is 0 Å². The Kier molecular flexibility index (Phi) is 3.42. The Labute approximate surface area is 109 Å². The number of hydrogen-bond acceptors (Lipinski definition) is 1. The molecule has 1 N–H and O–H groups in total. The van der Waals surface area contributed by atoms with E-state index in [4.69, 9.17) is 0 Å². The van der Waals surface area contributed by atoms with E-state index in [1.165, 1.54) is 0 Å². The van der Waals surface area contributed by atoms with Gasteiger partial charge in [0.2, 0.25) is 0 Å². The lowest BCUT2D eigenvalue weighted by atomic mass is 9.91. The Morgan fingerprint density at radius 2 is 1.28 bits per heavy atom. The predicted molar refractivity (Wildman–Crippen MR) is 77.1 cm³/mol. The molecular weight excluding hydrogens is 218 g/mol. The van der Waals surface area contributed by atoms with Crippen LogP contribution in [0.2, 0.25) is 0 Å². The van der Waals surface area contributed by atoms with Crippen molar-refractivity contribution in [3.05, 3.63) is 72.9 Å². The van der Waals surface area contributed by atoms with Crippen molar-refractivity contribution in [1.82, 2.24) is 5.32 Å². The van der Waals surface area contributed by atoms with Crippen molar-refractivity contribution in [2.24, 2.45) is 11.8 Å². The minimum atomic E-state index is 0.395. The van der Waals surface area contributed by atoms with E-state index in [1.54, 1.807) is 0 Å². The van der Waals surface area contributed by atoms with Crippen molar-refractivity contribution < 1.29 is 0 Å². The topological polar surface area (TPSA) is 12.0 Å². The molecule has 0 aromatic heterocycles. The van der Waals surface area contributed by atoms with E-state index in [1.807, 2.05) is 0 Å². The lowest BCUT2D eigenvalue weighted by Crippen LogP contribution is -2.40. The Morgan fingerprint density at radius 3 is 1.94 bits per heavy atom. The summed E-state index contributed by atoms with van der Waals surface area (Å²) in [5.74, 6) is 1.11. The Balaban J connectivity index is 1.66. The van der Waals surface area contributed by atoms with Gasteiger partial charge in [-0.1, -0.05) is 72.9 Å². The molecule has 0 saturated carbocycles. The highest BCUT2D eigenvalue weighted by Crippen LogP contribution is 2.24. The average molecular weight is 237 g/mol. The summed E-state index contributed by atoms with van der Waals surface area (Å²) >= 11 is 0. The molecule has 1 heteroatoms. The minimum Gasteiger partial charge on any atom is -0.303 e. The van der Waals surface area contributed by atoms with Crippen molar-refractivity contribution in [3.63, 3.8) is 0 Å². The molecule has 0 spiro atoms. The maximum absolute atomic E-state index is 3.74. The fourth-order valence-corrected chi connectivity index (χ4v) is 2.77. The summed E-state index contributed by atoms with van der Waals surface area (Å²) in [6.07, 6.45) is 27.6. The van der Waals surface area contributed by atoms with Crippen LogP contribution in [-0.4, -0.2) is 12.1 Å². The van der Waals surface area contributed by atoms with E-state index in [-0.39, 0.29) is 0 Å². The second kappa shape index (κ2) is 5.36. The summed E-state index contributed by atoms with van der Waals surface area (Å²) in [7, 11) is 0. The molecule has 0 amide bonds. The van der Waals surface area contributed by atoms with Crippen LogP contribution in [0.4, 0.5) is 0 Å². The van der Waals surface area contributed by atoms with Gasteiger partial charge in [0.15, 0.2) is 0 Å². The van der Waals surface area contributed by atoms with Gasteiger partial charge in [0.05, 0.1) is 0 Å². The van der Waals surface area contributed by atoms with E-state index < -0.39 is 0 Å². The van der Waals surface area contributed by atoms with Crippen LogP contribution < -0.4 is 5.32 Å². The second-order valence-corrected chi connectivity index (χ2v) is 5.09. The van der Waals surface area contributed by atoms with Crippen molar-refractivity contribution >= 4 is 0 Å². The summed E-state index contributed by atoms with van der Waals surface area (Å²) < 4.78 is 0. The molecule has 92 valence electrons. The first-order valence-electron chi connectivity index (χ1n) is 6.73. The van der Waals surface area contributed by atoms with Crippen LogP contribution in [0.15, 0.2) is 72.9 Å². The Hall–Kier alpha value is -1.60. The van der Waals surface area contributed by atoms with Gasteiger partial charge in [-0.3, -0.25) is 0 Å². The lowest BCUT2D eigenvalue weighted by molar-refractivity contribution is 0.405. The van der Waals surface area contributed by atoms with Crippen LogP contribution >= 0.6 is 0 Å². The van der Waals surface area contributed by atoms with Gasteiger partial charge in [0.1, 0.15) is 0 Å². The van der Waals surface area contributed by atoms with Crippen LogP contribution in [0.25, 0.3) is 0 Å². The zero-order valence-corrected chi connectivity index (χ0v) is 10.4. The van der Waals surface area contributed by atoms with E-state index in [0.29, 0.717) is 23.9 Å². The molecular formula is C17H19N. The summed E-state index contributed by atoms with van der Waals surface area (Å²) in [5, 5.41) is 3.74. The van der Waals surface area contributed by atoms with Gasteiger partial charge in [-0.2, -0.15) is 0 Å². The standard InChI is InChI=1S/C17H19N/c1-2-8-14(7-1)13-17(15-9-3-4-10-15)18-16-11-5-6-12-16/h1-12,14-18H,13H2. The molecule has 18 heavy (non-hydrogen) atoms. The van der Waals surface area contributed by atoms with Crippen LogP contribution in [0.1, 0.15) is 6.42 Å². The molecule has 1 nitrogen and oxygen atoms in total. The van der Waals surface area contributed by atoms with E-state index >= 15 is 0 Å². The molecule has 0 aromatic carbocycles. The van der Waals surface area contributed by atoms with Crippen molar-refractivity contribution in [2.45, 2.75) is 18.5 Å². The summed E-state index contributed by atoms with van der Waals surface area (Å²) in [5.41, 5.74) is 0. The third-order valence-corrected chi connectivity index (χ3v) is 3.75. The normalized spacial score (nSPS) is 24.0. The van der Waals surface area contributed by atoms with Gasteiger partial charge in [0, 0.05) is 18.0 Å². The molecule has 1 atom stereocenters. The highest BCUT2D eigenvalue weighted by Gasteiger charge is 2.23. The zero-order valence-electron chi connectivity index (χ0n) is 10.4. The summed E-state index contributed by atoms with van der Waals surface area (Å²) in [6.45, 7) is 0. The Bertz CT molecular complexity index is 396. The van der Waals surface area contributed by atoms with Crippen molar-refractivity contribution in [3.8, 4) is 0 Å². The SMILES string of the molecule is C1=CC(CC(NC2C=CC=C2)C2C=CC=C2)C=C1. The maximum atomic E-state index is 3.74. The molecule has 3 aliphatic carbocycles. The average Bonchev–Trinajstić information content (AvgIpc) is 3.13. The van der Waals surface area contributed by atoms with Gasteiger partial charge < -0.3 is 5.32 Å². The van der Waals surface area contributed by atoms with Crippen molar-refractivity contribution in [2.75, 3.05) is 0 Å². The first kappa shape index (κ1) is 11.5. The fourth-order valence-electron chi connectivity index (χ4n) is 2.77. The zero-order chi connectivity index (χ0) is 12.2. The first-order chi connectivity index (χ1) is 8.92. The molecule has 3 aliphatic rings. The highest BCUT2D eigenvalue weighted by atomic mass is 14.9. The molecule has 0 aliphatic heterocycles. The molecule has 0 saturated heterocycles. The quantitative estimate of drug-likeness (QED) is 0.773. The molecule has 1 unspecified atom stereocenters. The molecule has 0 radical (unpaired) electrons. The molecule has 3 rings (SSSR count). The highest BCUT2D eigenvalue weighted by molar-refractivity contribution is 5.25. The first-order valence-corrected chi connectivity index (χ1v) is 6.73. The molecule has 0 aromatic rings. The molecule has 0 fully saturated rings.